The van der Waals surface area contributed by atoms with Gasteiger partial charge in [0.25, 0.3) is 0 Å². The number of H-pyrrole nitrogens is 1. The molecule has 0 amide bonds. The lowest BCUT2D eigenvalue weighted by Crippen LogP contribution is -2.44. The van der Waals surface area contributed by atoms with Crippen LogP contribution in [0.1, 0.15) is 26.3 Å². The van der Waals surface area contributed by atoms with Crippen LogP contribution in [0, 0.1) is 0 Å². The van der Waals surface area contributed by atoms with E-state index in [1.54, 1.807) is 13.4 Å². The Bertz CT molecular complexity index is 1130. The summed E-state index contributed by atoms with van der Waals surface area (Å²) in [4.78, 5) is 20.6. The van der Waals surface area contributed by atoms with Crippen LogP contribution in [0.15, 0.2) is 24.2 Å². The van der Waals surface area contributed by atoms with Gasteiger partial charge in [-0.2, -0.15) is 0 Å². The minimum Gasteiger partial charge on any atom is -0.496 e. The summed E-state index contributed by atoms with van der Waals surface area (Å²) in [6.45, 7) is 9.94. The van der Waals surface area contributed by atoms with Gasteiger partial charge in [-0.3, -0.25) is 0 Å². The average Bonchev–Trinajstić information content (AvgIpc) is 3.22. The van der Waals surface area contributed by atoms with Crippen LogP contribution in [0.4, 0.5) is 5.82 Å². The zero-order valence-corrected chi connectivity index (χ0v) is 17.2. The van der Waals surface area contributed by atoms with Crippen molar-refractivity contribution in [1.82, 2.24) is 25.7 Å². The summed E-state index contributed by atoms with van der Waals surface area (Å²) < 4.78 is 5.82. The highest BCUT2D eigenvalue weighted by Gasteiger charge is 2.35. The molecular weight excluding hydrogens is 368 g/mol. The number of methoxy groups -OCH3 is 1. The zero-order chi connectivity index (χ0) is 20.2. The number of hydrogen-bond acceptors (Lipinski definition) is 7. The molecule has 1 saturated heterocycles. The minimum atomic E-state index is -0.317. The normalized spacial score (nSPS) is 19.2. The lowest BCUT2D eigenvalue weighted by Gasteiger charge is -2.28. The number of aromatic nitrogens is 3. The van der Waals surface area contributed by atoms with Gasteiger partial charge in [0.15, 0.2) is 0 Å². The van der Waals surface area contributed by atoms with E-state index in [0.717, 1.165) is 76.6 Å². The summed E-state index contributed by atoms with van der Waals surface area (Å²) in [5.41, 5.74) is 6.73. The van der Waals surface area contributed by atoms with Crippen LogP contribution >= 0.6 is 0 Å². The fourth-order valence-electron chi connectivity index (χ4n) is 4.49. The molecule has 8 nitrogen and oxygen atoms in total. The first kappa shape index (κ1) is 18.2. The number of aromatic amines is 1. The molecule has 0 radical (unpaired) electrons. The second-order valence-corrected chi connectivity index (χ2v) is 8.14. The Kier molecular flexibility index (Phi) is 4.15. The van der Waals surface area contributed by atoms with E-state index in [0.29, 0.717) is 0 Å². The van der Waals surface area contributed by atoms with Gasteiger partial charge in [-0.05, 0) is 32.9 Å². The highest BCUT2D eigenvalue weighted by Crippen LogP contribution is 2.43. The van der Waals surface area contributed by atoms with E-state index in [1.807, 2.05) is 6.92 Å². The molecule has 2 aliphatic heterocycles. The number of allylic oxidation sites excluding steroid dienone is 1. The molecule has 29 heavy (non-hydrogen) atoms. The first-order chi connectivity index (χ1) is 14.0. The first-order valence-corrected chi connectivity index (χ1v) is 9.95. The average molecular weight is 394 g/mol. The Morgan fingerprint density at radius 2 is 1.97 bits per heavy atom. The highest BCUT2D eigenvalue weighted by molar-refractivity contribution is 6.12. The van der Waals surface area contributed by atoms with Crippen LogP contribution in [0.2, 0.25) is 0 Å². The van der Waals surface area contributed by atoms with Crippen molar-refractivity contribution in [3.8, 4) is 5.75 Å². The van der Waals surface area contributed by atoms with Crippen LogP contribution in [0.3, 0.4) is 0 Å². The molecule has 152 valence electrons. The molecule has 0 unspecified atom stereocenters. The van der Waals surface area contributed by atoms with Crippen molar-refractivity contribution >= 4 is 33.3 Å². The van der Waals surface area contributed by atoms with Crippen molar-refractivity contribution in [1.29, 1.82) is 0 Å². The van der Waals surface area contributed by atoms with E-state index in [1.165, 1.54) is 0 Å². The Balaban J connectivity index is 1.74. The van der Waals surface area contributed by atoms with Gasteiger partial charge in [0.05, 0.1) is 18.0 Å². The number of nitrogens with zero attached hydrogens (tertiary/aromatic N) is 3. The molecule has 0 atom stereocenters. The van der Waals surface area contributed by atoms with Gasteiger partial charge in [0.2, 0.25) is 0 Å². The Labute approximate surface area is 169 Å². The maximum atomic E-state index is 5.82. The topological polar surface area (TPSA) is 87.3 Å². The second-order valence-electron chi connectivity index (χ2n) is 8.14. The molecule has 3 aromatic rings. The van der Waals surface area contributed by atoms with Gasteiger partial charge in [-0.1, -0.05) is 0 Å². The zero-order valence-electron chi connectivity index (χ0n) is 17.2. The van der Waals surface area contributed by atoms with Crippen molar-refractivity contribution in [3.05, 3.63) is 29.8 Å². The number of rotatable bonds is 3. The maximum Gasteiger partial charge on any atom is 0.143 e. The third-order valence-electron chi connectivity index (χ3n) is 5.81. The number of ether oxygens (including phenoxy) is 1. The fourth-order valence-corrected chi connectivity index (χ4v) is 4.49. The predicted octanol–water partition coefficient (Wildman–Crippen LogP) is 2.57. The number of nitrogens with one attached hydrogen (secondary N) is 3. The molecule has 3 N–H and O–H groups in total. The van der Waals surface area contributed by atoms with E-state index in [2.05, 4.69) is 56.6 Å². The van der Waals surface area contributed by atoms with E-state index >= 15 is 0 Å². The lowest BCUT2D eigenvalue weighted by molar-refractivity contribution is 0.0930. The molecule has 0 aliphatic carbocycles. The summed E-state index contributed by atoms with van der Waals surface area (Å²) in [7, 11) is 1.71. The van der Waals surface area contributed by atoms with Crippen molar-refractivity contribution in [2.24, 2.45) is 0 Å². The number of benzene rings is 1. The van der Waals surface area contributed by atoms with Crippen LogP contribution in [-0.4, -0.2) is 53.8 Å². The summed E-state index contributed by atoms with van der Waals surface area (Å²) in [6, 6.07) is 4.22. The number of hydrogen-bond donors (Lipinski definition) is 3. The predicted molar refractivity (Wildman–Crippen MR) is 114 cm³/mol. The van der Waals surface area contributed by atoms with Crippen LogP contribution in [0.5, 0.6) is 5.75 Å². The van der Waals surface area contributed by atoms with Gasteiger partial charge >= 0.3 is 0 Å². The third-order valence-corrected chi connectivity index (χ3v) is 5.81. The molecule has 4 heterocycles. The van der Waals surface area contributed by atoms with Gasteiger partial charge in [0, 0.05) is 48.2 Å². The first-order valence-electron chi connectivity index (χ1n) is 9.95. The van der Waals surface area contributed by atoms with Gasteiger partial charge in [-0.25, -0.2) is 9.97 Å². The van der Waals surface area contributed by atoms with Gasteiger partial charge < -0.3 is 24.8 Å². The third kappa shape index (κ3) is 2.82. The van der Waals surface area contributed by atoms with E-state index in [-0.39, 0.29) is 5.54 Å². The SMILES string of the molecule is COc1cc2c(cc1C1=C(C)ONC1(C)C)[nH]c1ncnc(N3CCNCC3)c12. The van der Waals surface area contributed by atoms with Crippen LogP contribution < -0.4 is 20.4 Å². The largest absolute Gasteiger partial charge is 0.496 e. The molecule has 0 spiro atoms. The summed E-state index contributed by atoms with van der Waals surface area (Å²) in [5.74, 6) is 2.63. The molecule has 1 fully saturated rings. The summed E-state index contributed by atoms with van der Waals surface area (Å²) in [5, 5.41) is 5.51. The van der Waals surface area contributed by atoms with Crippen molar-refractivity contribution < 1.29 is 9.57 Å². The number of piperazine rings is 1. The van der Waals surface area contributed by atoms with Crippen LogP contribution in [0.25, 0.3) is 27.5 Å². The molecule has 5 rings (SSSR count). The lowest BCUT2D eigenvalue weighted by atomic mass is 9.87. The second kappa shape index (κ2) is 6.60. The molecule has 0 bridgehead atoms. The number of hydroxylamine groups is 1. The highest BCUT2D eigenvalue weighted by atomic mass is 16.7. The standard InChI is InChI=1S/C21H26N6O2/c1-12-18(21(2,3)26-29-12)14-9-15-13(10-16(14)28-4)17-19(25-15)23-11-24-20(17)27-7-5-22-6-8-27/h9-11,22,26H,5-8H2,1-4H3,(H,23,24,25). The summed E-state index contributed by atoms with van der Waals surface area (Å²) in [6.07, 6.45) is 1.64. The number of fused-ring (bicyclic) bond motifs is 3. The van der Waals surface area contributed by atoms with E-state index in [9.17, 15) is 0 Å². The van der Waals surface area contributed by atoms with Crippen molar-refractivity contribution in [3.63, 3.8) is 0 Å². The monoisotopic (exact) mass is 394 g/mol. The van der Waals surface area contributed by atoms with E-state index < -0.39 is 0 Å². The quantitative estimate of drug-likeness (QED) is 0.629. The van der Waals surface area contributed by atoms with Crippen LogP contribution in [-0.2, 0) is 4.84 Å². The molecule has 2 aliphatic rings. The molecule has 1 aromatic carbocycles. The summed E-state index contributed by atoms with van der Waals surface area (Å²) >= 11 is 0. The number of anilines is 1. The van der Waals surface area contributed by atoms with Crippen molar-refractivity contribution in [2.75, 3.05) is 38.2 Å². The molecule has 0 saturated carbocycles. The minimum absolute atomic E-state index is 0.317. The molecule has 2 aromatic heterocycles. The van der Waals surface area contributed by atoms with Gasteiger partial charge in [-0.15, -0.1) is 5.48 Å². The Morgan fingerprint density at radius 3 is 2.66 bits per heavy atom. The molecular formula is C21H26N6O2. The fraction of sp³-hybridized carbons (Fsp3) is 0.429. The molecule has 8 heteroatoms. The smallest absolute Gasteiger partial charge is 0.143 e. The Hall–Kier alpha value is -2.84. The Morgan fingerprint density at radius 1 is 1.17 bits per heavy atom. The maximum absolute atomic E-state index is 5.82. The van der Waals surface area contributed by atoms with Crippen molar-refractivity contribution in [2.45, 2.75) is 26.3 Å². The van der Waals surface area contributed by atoms with E-state index in [4.69, 9.17) is 9.57 Å². The van der Waals surface area contributed by atoms with Gasteiger partial charge in [0.1, 0.15) is 29.3 Å².